The summed E-state index contributed by atoms with van der Waals surface area (Å²) in [6.07, 6.45) is 2.40. The van der Waals surface area contributed by atoms with Gasteiger partial charge in [-0.15, -0.1) is 0 Å². The van der Waals surface area contributed by atoms with Gasteiger partial charge in [0, 0.05) is 26.7 Å². The van der Waals surface area contributed by atoms with Crippen LogP contribution in [0.4, 0.5) is 0 Å². The second-order valence-corrected chi connectivity index (χ2v) is 4.85. The molecule has 0 spiro atoms. The van der Waals surface area contributed by atoms with Crippen molar-refractivity contribution >= 4 is 0 Å². The van der Waals surface area contributed by atoms with Crippen LogP contribution in [-0.2, 0) is 18.9 Å². The molecule has 6 heteroatoms. The first-order valence-electron chi connectivity index (χ1n) is 7.46. The number of aliphatic hydroxyl groups excluding tert-OH is 1. The third-order valence-corrected chi connectivity index (χ3v) is 3.34. The van der Waals surface area contributed by atoms with Gasteiger partial charge in [-0.1, -0.05) is 0 Å². The van der Waals surface area contributed by atoms with Crippen LogP contribution in [0.25, 0.3) is 0 Å². The van der Waals surface area contributed by atoms with Crippen LogP contribution in [0.2, 0.25) is 0 Å². The summed E-state index contributed by atoms with van der Waals surface area (Å²) in [6.45, 7) is 6.89. The molecule has 0 aliphatic carbocycles. The van der Waals surface area contributed by atoms with E-state index in [0.29, 0.717) is 39.1 Å². The molecule has 0 aromatic heterocycles. The van der Waals surface area contributed by atoms with E-state index >= 15 is 0 Å². The van der Waals surface area contributed by atoms with Crippen molar-refractivity contribution in [2.75, 3.05) is 73.0 Å². The first-order valence-corrected chi connectivity index (χ1v) is 7.46. The molecule has 1 saturated heterocycles. The molecule has 1 aliphatic rings. The Morgan fingerprint density at radius 1 is 0.950 bits per heavy atom. The molecule has 0 bridgehead atoms. The van der Waals surface area contributed by atoms with Crippen molar-refractivity contribution in [3.8, 4) is 0 Å². The minimum atomic E-state index is 0.112. The summed E-state index contributed by atoms with van der Waals surface area (Å²) in [5.41, 5.74) is 0. The van der Waals surface area contributed by atoms with E-state index in [4.69, 9.17) is 24.1 Å². The summed E-state index contributed by atoms with van der Waals surface area (Å²) >= 11 is 0. The molecule has 20 heavy (non-hydrogen) atoms. The number of hydrogen-bond acceptors (Lipinski definition) is 6. The lowest BCUT2D eigenvalue weighted by Gasteiger charge is -2.31. The van der Waals surface area contributed by atoms with E-state index in [9.17, 15) is 0 Å². The Balaban J connectivity index is 1.86. The highest BCUT2D eigenvalue weighted by molar-refractivity contribution is 4.72. The molecule has 1 fully saturated rings. The topological polar surface area (TPSA) is 60.4 Å². The van der Waals surface area contributed by atoms with Crippen molar-refractivity contribution in [2.24, 2.45) is 0 Å². The van der Waals surface area contributed by atoms with Crippen molar-refractivity contribution < 1.29 is 24.1 Å². The Morgan fingerprint density at radius 2 is 1.60 bits per heavy atom. The van der Waals surface area contributed by atoms with Gasteiger partial charge in [0.05, 0.1) is 52.4 Å². The molecule has 120 valence electrons. The van der Waals surface area contributed by atoms with Crippen LogP contribution in [0.1, 0.15) is 12.8 Å². The molecular weight excluding hydrogens is 262 g/mol. The molecule has 1 rings (SSSR count). The molecule has 0 aromatic carbocycles. The average molecular weight is 291 g/mol. The predicted octanol–water partition coefficient (Wildman–Crippen LogP) is 0.139. The molecule has 0 aromatic rings. The van der Waals surface area contributed by atoms with Crippen LogP contribution in [0, 0.1) is 0 Å². The zero-order valence-corrected chi connectivity index (χ0v) is 12.6. The zero-order valence-electron chi connectivity index (χ0n) is 12.6. The van der Waals surface area contributed by atoms with Crippen LogP contribution in [0.15, 0.2) is 0 Å². The van der Waals surface area contributed by atoms with Crippen LogP contribution >= 0.6 is 0 Å². The maximum absolute atomic E-state index is 8.71. The predicted molar refractivity (Wildman–Crippen MR) is 76.0 cm³/mol. The second-order valence-electron chi connectivity index (χ2n) is 4.85. The van der Waals surface area contributed by atoms with Gasteiger partial charge in [0.15, 0.2) is 0 Å². The molecule has 0 amide bonds. The highest BCUT2D eigenvalue weighted by Crippen LogP contribution is 2.13. The lowest BCUT2D eigenvalue weighted by Crippen LogP contribution is -2.39. The number of rotatable bonds is 12. The van der Waals surface area contributed by atoms with Gasteiger partial charge in [-0.05, 0) is 12.8 Å². The van der Waals surface area contributed by atoms with Crippen molar-refractivity contribution in [1.29, 1.82) is 0 Å². The third-order valence-electron chi connectivity index (χ3n) is 3.34. The summed E-state index contributed by atoms with van der Waals surface area (Å²) in [6, 6.07) is 0. The molecule has 0 radical (unpaired) electrons. The number of piperidine rings is 1. The summed E-state index contributed by atoms with van der Waals surface area (Å²) in [5.74, 6) is 0. The maximum Gasteiger partial charge on any atom is 0.0701 e. The van der Waals surface area contributed by atoms with Gasteiger partial charge in [-0.3, -0.25) is 0 Å². The monoisotopic (exact) mass is 291 g/mol. The van der Waals surface area contributed by atoms with Crippen LogP contribution in [0.5, 0.6) is 0 Å². The average Bonchev–Trinajstić information content (AvgIpc) is 2.49. The SMILES string of the molecule is COCCOCCOCCN1CCC(OCCO)CC1. The maximum atomic E-state index is 8.71. The molecule has 1 heterocycles. The lowest BCUT2D eigenvalue weighted by molar-refractivity contribution is -0.0160. The van der Waals surface area contributed by atoms with E-state index in [0.717, 1.165) is 39.1 Å². The van der Waals surface area contributed by atoms with Gasteiger partial charge in [0.25, 0.3) is 0 Å². The van der Waals surface area contributed by atoms with Crippen LogP contribution < -0.4 is 0 Å². The van der Waals surface area contributed by atoms with Crippen molar-refractivity contribution in [3.63, 3.8) is 0 Å². The number of likely N-dealkylation sites (tertiary alicyclic amines) is 1. The van der Waals surface area contributed by atoms with Gasteiger partial charge < -0.3 is 29.0 Å². The highest BCUT2D eigenvalue weighted by atomic mass is 16.5. The molecule has 0 saturated carbocycles. The number of hydrogen-bond donors (Lipinski definition) is 1. The fraction of sp³-hybridized carbons (Fsp3) is 1.00. The largest absolute Gasteiger partial charge is 0.394 e. The summed E-state index contributed by atoms with van der Waals surface area (Å²) in [7, 11) is 1.66. The second kappa shape index (κ2) is 12.5. The van der Waals surface area contributed by atoms with Gasteiger partial charge >= 0.3 is 0 Å². The normalized spacial score (nSPS) is 17.7. The summed E-state index contributed by atoms with van der Waals surface area (Å²) in [5, 5.41) is 8.71. The molecular formula is C14H29NO5. The number of methoxy groups -OCH3 is 1. The van der Waals surface area contributed by atoms with Gasteiger partial charge in [-0.25, -0.2) is 0 Å². The van der Waals surface area contributed by atoms with E-state index in [1.165, 1.54) is 0 Å². The Morgan fingerprint density at radius 3 is 2.25 bits per heavy atom. The van der Waals surface area contributed by atoms with Crippen molar-refractivity contribution in [2.45, 2.75) is 18.9 Å². The first kappa shape index (κ1) is 17.8. The smallest absolute Gasteiger partial charge is 0.0701 e. The summed E-state index contributed by atoms with van der Waals surface area (Å²) in [4.78, 5) is 2.39. The first-order chi connectivity index (χ1) is 9.86. The van der Waals surface area contributed by atoms with Crippen molar-refractivity contribution in [3.05, 3.63) is 0 Å². The van der Waals surface area contributed by atoms with Gasteiger partial charge in [0.1, 0.15) is 0 Å². The number of nitrogens with zero attached hydrogens (tertiary/aromatic N) is 1. The highest BCUT2D eigenvalue weighted by Gasteiger charge is 2.18. The quantitative estimate of drug-likeness (QED) is 0.516. The molecule has 1 N–H and O–H groups in total. The van der Waals surface area contributed by atoms with Crippen LogP contribution in [-0.4, -0.2) is 89.1 Å². The van der Waals surface area contributed by atoms with Gasteiger partial charge in [0.2, 0.25) is 0 Å². The fourth-order valence-corrected chi connectivity index (χ4v) is 2.18. The minimum absolute atomic E-state index is 0.112. The number of aliphatic hydroxyl groups is 1. The van der Waals surface area contributed by atoms with Gasteiger partial charge in [-0.2, -0.15) is 0 Å². The Bertz CT molecular complexity index is 210. The molecule has 1 aliphatic heterocycles. The Hall–Kier alpha value is -0.240. The van der Waals surface area contributed by atoms with E-state index in [1.54, 1.807) is 7.11 Å². The minimum Gasteiger partial charge on any atom is -0.394 e. The third kappa shape index (κ3) is 8.84. The Labute approximate surface area is 121 Å². The van der Waals surface area contributed by atoms with E-state index in [1.807, 2.05) is 0 Å². The van der Waals surface area contributed by atoms with Crippen LogP contribution in [0.3, 0.4) is 0 Å². The van der Waals surface area contributed by atoms with E-state index in [-0.39, 0.29) is 6.61 Å². The van der Waals surface area contributed by atoms with Crippen molar-refractivity contribution in [1.82, 2.24) is 4.90 Å². The standard InChI is InChI=1S/C14H29NO5/c1-17-10-11-19-13-12-18-8-6-15-4-2-14(3-5-15)20-9-7-16/h14,16H,2-13H2,1H3. The summed E-state index contributed by atoms with van der Waals surface area (Å²) < 4.78 is 21.3. The fourth-order valence-electron chi connectivity index (χ4n) is 2.18. The lowest BCUT2D eigenvalue weighted by atomic mass is 10.1. The molecule has 6 nitrogen and oxygen atoms in total. The molecule has 0 atom stereocenters. The molecule has 0 unspecified atom stereocenters. The Kier molecular flexibility index (Phi) is 11.1. The van der Waals surface area contributed by atoms with E-state index in [2.05, 4.69) is 4.90 Å². The number of ether oxygens (including phenoxy) is 4. The van der Waals surface area contributed by atoms with E-state index < -0.39 is 0 Å². The zero-order chi connectivity index (χ0) is 14.5.